The molecule has 0 aromatic heterocycles. The zero-order valence-electron chi connectivity index (χ0n) is 10.5. The summed E-state index contributed by atoms with van der Waals surface area (Å²) in [6.07, 6.45) is 2.02. The summed E-state index contributed by atoms with van der Waals surface area (Å²) in [6, 6.07) is 5.16. The summed E-state index contributed by atoms with van der Waals surface area (Å²) in [4.78, 5) is 13.9. The van der Waals surface area contributed by atoms with Gasteiger partial charge in [0, 0.05) is 23.8 Å². The van der Waals surface area contributed by atoms with Gasteiger partial charge in [-0.1, -0.05) is 24.9 Å². The van der Waals surface area contributed by atoms with Crippen LogP contribution < -0.4 is 5.73 Å². The Labute approximate surface area is 108 Å². The lowest BCUT2D eigenvalue weighted by atomic mass is 10.1. The lowest BCUT2D eigenvalue weighted by Gasteiger charge is -2.25. The number of nitrogens with two attached hydrogens (primary N) is 1. The molecule has 0 bridgehead atoms. The van der Waals surface area contributed by atoms with E-state index >= 15 is 0 Å². The smallest absolute Gasteiger partial charge is 0.255 e. The van der Waals surface area contributed by atoms with E-state index in [0.717, 1.165) is 12.8 Å². The Morgan fingerprint density at radius 2 is 2.18 bits per heavy atom. The first-order valence-electron chi connectivity index (χ1n) is 5.79. The molecule has 94 valence electrons. The van der Waals surface area contributed by atoms with Crippen LogP contribution in [0, 0.1) is 0 Å². The van der Waals surface area contributed by atoms with Crippen molar-refractivity contribution in [2.45, 2.75) is 32.7 Å². The van der Waals surface area contributed by atoms with Gasteiger partial charge in [0.15, 0.2) is 0 Å². The molecule has 2 N–H and O–H groups in total. The molecule has 0 saturated carbocycles. The fourth-order valence-corrected chi connectivity index (χ4v) is 1.89. The maximum absolute atomic E-state index is 12.2. The van der Waals surface area contributed by atoms with Crippen molar-refractivity contribution in [2.75, 3.05) is 12.8 Å². The van der Waals surface area contributed by atoms with Gasteiger partial charge in [-0.25, -0.2) is 0 Å². The van der Waals surface area contributed by atoms with Crippen LogP contribution in [0.1, 0.15) is 37.0 Å². The third-order valence-corrected chi connectivity index (χ3v) is 3.17. The van der Waals surface area contributed by atoms with E-state index in [1.165, 1.54) is 0 Å². The van der Waals surface area contributed by atoms with Gasteiger partial charge in [-0.3, -0.25) is 4.79 Å². The SMILES string of the molecule is CCCC(C)N(C)C(=O)c1cc(Cl)ccc1N. The van der Waals surface area contributed by atoms with Gasteiger partial charge in [-0.05, 0) is 31.5 Å². The summed E-state index contributed by atoms with van der Waals surface area (Å²) in [5.74, 6) is -0.0778. The molecule has 0 aliphatic rings. The molecule has 0 heterocycles. The first kappa shape index (κ1) is 13.8. The van der Waals surface area contributed by atoms with Crippen LogP contribution >= 0.6 is 11.6 Å². The van der Waals surface area contributed by atoms with Gasteiger partial charge >= 0.3 is 0 Å². The Bertz CT molecular complexity index is 406. The molecular weight excluding hydrogens is 236 g/mol. The molecule has 0 radical (unpaired) electrons. The van der Waals surface area contributed by atoms with Gasteiger partial charge in [0.25, 0.3) is 5.91 Å². The van der Waals surface area contributed by atoms with E-state index in [4.69, 9.17) is 17.3 Å². The number of carbonyl (C=O) groups excluding carboxylic acids is 1. The van der Waals surface area contributed by atoms with Crippen LogP contribution in [0.5, 0.6) is 0 Å². The van der Waals surface area contributed by atoms with E-state index < -0.39 is 0 Å². The van der Waals surface area contributed by atoms with Crippen molar-refractivity contribution >= 4 is 23.2 Å². The fourth-order valence-electron chi connectivity index (χ4n) is 1.72. The highest BCUT2D eigenvalue weighted by Gasteiger charge is 2.19. The van der Waals surface area contributed by atoms with Crippen molar-refractivity contribution < 1.29 is 4.79 Å². The summed E-state index contributed by atoms with van der Waals surface area (Å²) in [7, 11) is 1.79. The number of hydrogen-bond acceptors (Lipinski definition) is 2. The number of rotatable bonds is 4. The molecule has 1 rings (SSSR count). The topological polar surface area (TPSA) is 46.3 Å². The van der Waals surface area contributed by atoms with E-state index in [1.54, 1.807) is 30.1 Å². The number of benzene rings is 1. The normalized spacial score (nSPS) is 12.2. The lowest BCUT2D eigenvalue weighted by molar-refractivity contribution is 0.0738. The minimum atomic E-state index is -0.0778. The van der Waals surface area contributed by atoms with Gasteiger partial charge in [-0.15, -0.1) is 0 Å². The third kappa shape index (κ3) is 3.37. The summed E-state index contributed by atoms with van der Waals surface area (Å²) < 4.78 is 0. The van der Waals surface area contributed by atoms with Crippen LogP contribution in [0.25, 0.3) is 0 Å². The molecule has 1 atom stereocenters. The summed E-state index contributed by atoms with van der Waals surface area (Å²) in [5.41, 5.74) is 6.74. The number of amides is 1. The number of nitrogen functional groups attached to an aromatic ring is 1. The average molecular weight is 255 g/mol. The Hall–Kier alpha value is -1.22. The van der Waals surface area contributed by atoms with Gasteiger partial charge < -0.3 is 10.6 Å². The molecule has 0 spiro atoms. The van der Waals surface area contributed by atoms with Gasteiger partial charge in [0.2, 0.25) is 0 Å². The van der Waals surface area contributed by atoms with Crippen molar-refractivity contribution in [3.8, 4) is 0 Å². The fraction of sp³-hybridized carbons (Fsp3) is 0.462. The number of hydrogen-bond donors (Lipinski definition) is 1. The average Bonchev–Trinajstić information content (AvgIpc) is 2.30. The first-order valence-corrected chi connectivity index (χ1v) is 6.17. The second kappa shape index (κ2) is 5.92. The van der Waals surface area contributed by atoms with Gasteiger partial charge in [0.05, 0.1) is 5.56 Å². The maximum atomic E-state index is 12.2. The molecule has 0 saturated heterocycles. The van der Waals surface area contributed by atoms with Crippen molar-refractivity contribution in [2.24, 2.45) is 0 Å². The minimum Gasteiger partial charge on any atom is -0.398 e. The molecular formula is C13H19ClN2O. The van der Waals surface area contributed by atoms with Crippen LogP contribution in [-0.4, -0.2) is 23.9 Å². The monoisotopic (exact) mass is 254 g/mol. The summed E-state index contributed by atoms with van der Waals surface area (Å²) >= 11 is 5.88. The van der Waals surface area contributed by atoms with Crippen LogP contribution in [0.2, 0.25) is 5.02 Å². The van der Waals surface area contributed by atoms with E-state index in [-0.39, 0.29) is 11.9 Å². The Kier molecular flexibility index (Phi) is 4.82. The van der Waals surface area contributed by atoms with Crippen molar-refractivity contribution in [1.29, 1.82) is 0 Å². The summed E-state index contributed by atoms with van der Waals surface area (Å²) in [5, 5.41) is 0.527. The largest absolute Gasteiger partial charge is 0.398 e. The van der Waals surface area contributed by atoms with E-state index in [0.29, 0.717) is 16.3 Å². The zero-order valence-corrected chi connectivity index (χ0v) is 11.3. The Balaban J connectivity index is 2.92. The molecule has 0 aliphatic heterocycles. The van der Waals surface area contributed by atoms with Crippen molar-refractivity contribution in [1.82, 2.24) is 4.90 Å². The van der Waals surface area contributed by atoms with Crippen LogP contribution in [0.3, 0.4) is 0 Å². The number of anilines is 1. The molecule has 1 unspecified atom stereocenters. The van der Waals surface area contributed by atoms with E-state index in [1.807, 2.05) is 6.92 Å². The second-order valence-electron chi connectivity index (χ2n) is 4.29. The standard InChI is InChI=1S/C13H19ClN2O/c1-4-5-9(2)16(3)13(17)11-8-10(14)6-7-12(11)15/h6-9H,4-5,15H2,1-3H3. The van der Waals surface area contributed by atoms with Crippen molar-refractivity contribution in [3.05, 3.63) is 28.8 Å². The number of carbonyl (C=O) groups is 1. The molecule has 17 heavy (non-hydrogen) atoms. The van der Waals surface area contributed by atoms with Crippen LogP contribution in [0.15, 0.2) is 18.2 Å². The maximum Gasteiger partial charge on any atom is 0.255 e. The lowest BCUT2D eigenvalue weighted by Crippen LogP contribution is -2.35. The first-order chi connectivity index (χ1) is 7.97. The quantitative estimate of drug-likeness (QED) is 0.839. The number of nitrogens with zero attached hydrogens (tertiary/aromatic N) is 1. The molecule has 1 aromatic rings. The Morgan fingerprint density at radius 3 is 2.76 bits per heavy atom. The molecule has 0 fully saturated rings. The predicted molar refractivity (Wildman–Crippen MR) is 72.3 cm³/mol. The molecule has 3 nitrogen and oxygen atoms in total. The highest BCUT2D eigenvalue weighted by atomic mass is 35.5. The van der Waals surface area contributed by atoms with Crippen molar-refractivity contribution in [3.63, 3.8) is 0 Å². The van der Waals surface area contributed by atoms with E-state index in [2.05, 4.69) is 6.92 Å². The van der Waals surface area contributed by atoms with Gasteiger partial charge in [-0.2, -0.15) is 0 Å². The molecule has 1 aromatic carbocycles. The predicted octanol–water partition coefficient (Wildman–Crippen LogP) is 3.18. The zero-order chi connectivity index (χ0) is 13.0. The minimum absolute atomic E-state index is 0.0778. The molecule has 0 aliphatic carbocycles. The molecule has 1 amide bonds. The summed E-state index contributed by atoms with van der Waals surface area (Å²) in [6.45, 7) is 4.13. The second-order valence-corrected chi connectivity index (χ2v) is 4.72. The van der Waals surface area contributed by atoms with E-state index in [9.17, 15) is 4.79 Å². The highest BCUT2D eigenvalue weighted by Crippen LogP contribution is 2.20. The molecule has 4 heteroatoms. The van der Waals surface area contributed by atoms with Crippen LogP contribution in [-0.2, 0) is 0 Å². The van der Waals surface area contributed by atoms with Crippen LogP contribution in [0.4, 0.5) is 5.69 Å². The third-order valence-electron chi connectivity index (χ3n) is 2.93. The Morgan fingerprint density at radius 1 is 1.53 bits per heavy atom. The van der Waals surface area contributed by atoms with Gasteiger partial charge in [0.1, 0.15) is 0 Å². The number of halogens is 1. The highest BCUT2D eigenvalue weighted by molar-refractivity contribution is 6.31.